The molecule has 0 saturated heterocycles. The topological polar surface area (TPSA) is 12.0 Å². The summed E-state index contributed by atoms with van der Waals surface area (Å²) in [5, 5.41) is 3.75. The van der Waals surface area contributed by atoms with Crippen molar-refractivity contribution in [2.45, 2.75) is 64.3 Å². The predicted molar refractivity (Wildman–Crippen MR) is 81.6 cm³/mol. The van der Waals surface area contributed by atoms with E-state index in [1.54, 1.807) is 16.7 Å². The van der Waals surface area contributed by atoms with Crippen LogP contribution in [-0.2, 0) is 19.3 Å². The first-order valence-corrected chi connectivity index (χ1v) is 8.21. The Morgan fingerprint density at radius 1 is 1.11 bits per heavy atom. The van der Waals surface area contributed by atoms with E-state index in [4.69, 9.17) is 0 Å². The van der Waals surface area contributed by atoms with Crippen molar-refractivity contribution in [2.75, 3.05) is 6.54 Å². The Labute approximate surface area is 117 Å². The van der Waals surface area contributed by atoms with Gasteiger partial charge in [0.25, 0.3) is 0 Å². The van der Waals surface area contributed by atoms with Crippen molar-refractivity contribution in [1.29, 1.82) is 0 Å². The van der Waals surface area contributed by atoms with Gasteiger partial charge in [-0.2, -0.15) is 0 Å². The van der Waals surface area contributed by atoms with Gasteiger partial charge in [-0.15, -0.1) is 0 Å². The molecule has 104 valence electrons. The summed E-state index contributed by atoms with van der Waals surface area (Å²) < 4.78 is 0. The molecule has 0 aromatic heterocycles. The lowest BCUT2D eigenvalue weighted by atomic mass is 9.93. The zero-order valence-corrected chi connectivity index (χ0v) is 12.3. The van der Waals surface area contributed by atoms with Crippen LogP contribution in [0.4, 0.5) is 0 Å². The van der Waals surface area contributed by atoms with Crippen LogP contribution in [0.15, 0.2) is 18.2 Å². The van der Waals surface area contributed by atoms with Gasteiger partial charge in [-0.25, -0.2) is 0 Å². The van der Waals surface area contributed by atoms with Crippen molar-refractivity contribution in [3.8, 4) is 0 Å². The number of rotatable bonds is 5. The molecule has 0 aliphatic heterocycles. The van der Waals surface area contributed by atoms with Gasteiger partial charge in [-0.1, -0.05) is 31.5 Å². The van der Waals surface area contributed by atoms with Crippen LogP contribution in [0.5, 0.6) is 0 Å². The van der Waals surface area contributed by atoms with E-state index in [-0.39, 0.29) is 0 Å². The summed E-state index contributed by atoms with van der Waals surface area (Å²) in [6.07, 6.45) is 10.7. The molecule has 1 nitrogen and oxygen atoms in total. The molecule has 1 aromatic carbocycles. The molecule has 19 heavy (non-hydrogen) atoms. The summed E-state index contributed by atoms with van der Waals surface area (Å²) in [5.41, 5.74) is 4.82. The molecule has 0 heterocycles. The predicted octanol–water partition coefficient (Wildman–Crippen LogP) is 3.89. The van der Waals surface area contributed by atoms with Crippen LogP contribution in [0.2, 0.25) is 0 Å². The largest absolute Gasteiger partial charge is 0.314 e. The molecule has 2 aliphatic carbocycles. The highest BCUT2D eigenvalue weighted by molar-refractivity contribution is 5.35. The van der Waals surface area contributed by atoms with Gasteiger partial charge in [0.1, 0.15) is 0 Å². The van der Waals surface area contributed by atoms with E-state index in [1.807, 2.05) is 0 Å². The Hall–Kier alpha value is -0.820. The Morgan fingerprint density at radius 3 is 2.89 bits per heavy atom. The third-order valence-corrected chi connectivity index (χ3v) is 4.98. The first-order chi connectivity index (χ1) is 9.36. The molecule has 0 amide bonds. The van der Waals surface area contributed by atoms with Gasteiger partial charge in [-0.3, -0.25) is 0 Å². The highest BCUT2D eigenvalue weighted by Gasteiger charge is 2.26. The number of hydrogen-bond donors (Lipinski definition) is 1. The van der Waals surface area contributed by atoms with Gasteiger partial charge in [0.15, 0.2) is 0 Å². The van der Waals surface area contributed by atoms with Crippen LogP contribution < -0.4 is 5.32 Å². The van der Waals surface area contributed by atoms with Crippen LogP contribution in [-0.4, -0.2) is 12.6 Å². The third kappa shape index (κ3) is 3.02. The number of fused-ring (bicyclic) bond motifs is 1. The maximum atomic E-state index is 3.75. The molecule has 0 bridgehead atoms. The fourth-order valence-corrected chi connectivity index (χ4v) is 3.93. The van der Waals surface area contributed by atoms with Crippen molar-refractivity contribution in [1.82, 2.24) is 5.32 Å². The normalized spacial score (nSPS) is 25.7. The molecule has 1 heteroatoms. The van der Waals surface area contributed by atoms with Crippen LogP contribution in [0.3, 0.4) is 0 Å². The minimum atomic E-state index is 0.771. The van der Waals surface area contributed by atoms with E-state index in [0.29, 0.717) is 0 Å². The molecule has 2 aliphatic rings. The monoisotopic (exact) mass is 257 g/mol. The fraction of sp³-hybridized carbons (Fsp3) is 0.667. The molecule has 0 spiro atoms. The molecule has 1 N–H and O–H groups in total. The lowest BCUT2D eigenvalue weighted by Gasteiger charge is -2.21. The van der Waals surface area contributed by atoms with Crippen LogP contribution in [0.25, 0.3) is 0 Å². The Balaban J connectivity index is 1.64. The van der Waals surface area contributed by atoms with E-state index in [0.717, 1.165) is 12.0 Å². The molecule has 1 fully saturated rings. The summed E-state index contributed by atoms with van der Waals surface area (Å²) in [4.78, 5) is 0. The Morgan fingerprint density at radius 2 is 2.00 bits per heavy atom. The smallest absolute Gasteiger partial charge is 0.00985 e. The first-order valence-electron chi connectivity index (χ1n) is 8.21. The highest BCUT2D eigenvalue weighted by Crippen LogP contribution is 2.30. The summed E-state index contributed by atoms with van der Waals surface area (Å²) in [6.45, 7) is 3.45. The van der Waals surface area contributed by atoms with E-state index in [1.165, 1.54) is 57.9 Å². The molecule has 0 radical (unpaired) electrons. The quantitative estimate of drug-likeness (QED) is 0.844. The van der Waals surface area contributed by atoms with Gasteiger partial charge >= 0.3 is 0 Å². The van der Waals surface area contributed by atoms with Crippen LogP contribution in [0.1, 0.15) is 55.7 Å². The zero-order valence-electron chi connectivity index (χ0n) is 12.3. The average molecular weight is 257 g/mol. The zero-order chi connectivity index (χ0) is 13.1. The molecular weight excluding hydrogens is 230 g/mol. The maximum Gasteiger partial charge on any atom is 0.00985 e. The van der Waals surface area contributed by atoms with Gasteiger partial charge in [0.05, 0.1) is 0 Å². The summed E-state index contributed by atoms with van der Waals surface area (Å²) in [7, 11) is 0. The first kappa shape index (κ1) is 13.2. The van der Waals surface area contributed by atoms with E-state index >= 15 is 0 Å². The van der Waals surface area contributed by atoms with Crippen molar-refractivity contribution in [2.24, 2.45) is 5.92 Å². The SMILES string of the molecule is CCCNC1CCCC1Cc1ccc2c(c1)CCC2. The highest BCUT2D eigenvalue weighted by atomic mass is 14.9. The third-order valence-electron chi connectivity index (χ3n) is 4.98. The maximum absolute atomic E-state index is 3.75. The molecule has 3 rings (SSSR count). The van der Waals surface area contributed by atoms with Crippen molar-refractivity contribution >= 4 is 0 Å². The summed E-state index contributed by atoms with van der Waals surface area (Å²) in [5.74, 6) is 0.867. The van der Waals surface area contributed by atoms with Gasteiger partial charge in [-0.05, 0) is 74.1 Å². The Bertz CT molecular complexity index is 424. The molecular formula is C18H27N. The van der Waals surface area contributed by atoms with Crippen LogP contribution in [0, 0.1) is 5.92 Å². The average Bonchev–Trinajstić information content (AvgIpc) is 3.05. The molecule has 2 atom stereocenters. The van der Waals surface area contributed by atoms with Gasteiger partial charge in [0.2, 0.25) is 0 Å². The minimum absolute atomic E-state index is 0.771. The van der Waals surface area contributed by atoms with E-state index in [2.05, 4.69) is 30.4 Å². The molecule has 1 saturated carbocycles. The standard InChI is InChI=1S/C18H27N/c1-2-11-19-18-8-4-7-17(18)13-14-9-10-15-5-3-6-16(15)12-14/h9-10,12,17-19H,2-8,11,13H2,1H3. The van der Waals surface area contributed by atoms with Gasteiger partial charge < -0.3 is 5.32 Å². The number of nitrogens with one attached hydrogen (secondary N) is 1. The van der Waals surface area contributed by atoms with Crippen molar-refractivity contribution in [3.05, 3.63) is 34.9 Å². The summed E-state index contributed by atoms with van der Waals surface area (Å²) >= 11 is 0. The second kappa shape index (κ2) is 6.09. The summed E-state index contributed by atoms with van der Waals surface area (Å²) in [6, 6.07) is 8.05. The minimum Gasteiger partial charge on any atom is -0.314 e. The molecule has 2 unspecified atom stereocenters. The lowest BCUT2D eigenvalue weighted by molar-refractivity contribution is 0.399. The van der Waals surface area contributed by atoms with Gasteiger partial charge in [0, 0.05) is 6.04 Å². The molecule has 1 aromatic rings. The number of benzene rings is 1. The van der Waals surface area contributed by atoms with E-state index < -0.39 is 0 Å². The second-order valence-corrected chi connectivity index (χ2v) is 6.41. The second-order valence-electron chi connectivity index (χ2n) is 6.41. The Kier molecular flexibility index (Phi) is 4.22. The fourth-order valence-electron chi connectivity index (χ4n) is 3.93. The van der Waals surface area contributed by atoms with Crippen molar-refractivity contribution < 1.29 is 0 Å². The number of aryl methyl sites for hydroxylation is 2. The van der Waals surface area contributed by atoms with E-state index in [9.17, 15) is 0 Å². The van der Waals surface area contributed by atoms with Crippen molar-refractivity contribution in [3.63, 3.8) is 0 Å². The number of hydrogen-bond acceptors (Lipinski definition) is 1. The van der Waals surface area contributed by atoms with Crippen LogP contribution >= 0.6 is 0 Å². The lowest BCUT2D eigenvalue weighted by Crippen LogP contribution is -2.33.